The van der Waals surface area contributed by atoms with E-state index in [1.807, 2.05) is 19.1 Å². The fourth-order valence-electron chi connectivity index (χ4n) is 2.99. The van der Waals surface area contributed by atoms with Crippen molar-refractivity contribution in [3.05, 3.63) is 23.8 Å². The van der Waals surface area contributed by atoms with Crippen LogP contribution in [0.25, 0.3) is 0 Å². The molecule has 0 radical (unpaired) electrons. The van der Waals surface area contributed by atoms with Gasteiger partial charge in [0.1, 0.15) is 0 Å². The zero-order chi connectivity index (χ0) is 18.6. The third-order valence-corrected chi connectivity index (χ3v) is 4.33. The summed E-state index contributed by atoms with van der Waals surface area (Å²) in [6.07, 6.45) is 5.10. The van der Waals surface area contributed by atoms with E-state index in [-0.39, 0.29) is 24.0 Å². The Kier molecular flexibility index (Phi) is 12.2. The van der Waals surface area contributed by atoms with Crippen molar-refractivity contribution < 1.29 is 14.2 Å². The maximum atomic E-state index is 6.09. The summed E-state index contributed by atoms with van der Waals surface area (Å²) in [6, 6.07) is 6.06. The van der Waals surface area contributed by atoms with E-state index in [0.717, 1.165) is 55.6 Å². The minimum Gasteiger partial charge on any atom is -0.493 e. The van der Waals surface area contributed by atoms with Gasteiger partial charge in [0.2, 0.25) is 0 Å². The van der Waals surface area contributed by atoms with E-state index in [2.05, 4.69) is 28.6 Å². The van der Waals surface area contributed by atoms with Crippen molar-refractivity contribution in [2.45, 2.75) is 52.2 Å². The molecule has 0 aromatic heterocycles. The lowest BCUT2D eigenvalue weighted by atomic mass is 10.2. The summed E-state index contributed by atoms with van der Waals surface area (Å²) in [4.78, 5) is 4.63. The number of guanidine groups is 1. The van der Waals surface area contributed by atoms with Crippen molar-refractivity contribution in [2.75, 3.05) is 33.4 Å². The number of rotatable bonds is 10. The standard InChI is InChI=1S/C20H33N3O3.HI/c1-4-21-20(22-12-13-25-5-2)23-15-16-10-11-18(19(14-16)24-3)26-17-8-6-7-9-17;/h10-11,14,17H,4-9,12-13,15H2,1-3H3,(H2,21,22,23);1H. The molecule has 1 aliphatic rings. The van der Waals surface area contributed by atoms with Crippen LogP contribution in [0.4, 0.5) is 0 Å². The zero-order valence-corrected chi connectivity index (χ0v) is 19.1. The summed E-state index contributed by atoms with van der Waals surface area (Å²) >= 11 is 0. The molecule has 0 amide bonds. The van der Waals surface area contributed by atoms with Crippen LogP contribution >= 0.6 is 24.0 Å². The molecule has 0 saturated heterocycles. The molecule has 154 valence electrons. The number of hydrogen-bond acceptors (Lipinski definition) is 4. The second-order valence-corrected chi connectivity index (χ2v) is 6.33. The van der Waals surface area contributed by atoms with Crippen molar-refractivity contribution >= 4 is 29.9 Å². The fourth-order valence-corrected chi connectivity index (χ4v) is 2.99. The van der Waals surface area contributed by atoms with Gasteiger partial charge in [-0.2, -0.15) is 0 Å². The molecule has 0 bridgehead atoms. The smallest absolute Gasteiger partial charge is 0.191 e. The third kappa shape index (κ3) is 8.55. The monoisotopic (exact) mass is 491 g/mol. The van der Waals surface area contributed by atoms with Crippen LogP contribution in [0.5, 0.6) is 11.5 Å². The molecule has 0 unspecified atom stereocenters. The molecule has 2 rings (SSSR count). The Balaban J connectivity index is 0.00000364. The van der Waals surface area contributed by atoms with Crippen molar-refractivity contribution in [1.29, 1.82) is 0 Å². The molecular weight excluding hydrogens is 457 g/mol. The molecule has 0 spiro atoms. The Labute approximate surface area is 180 Å². The topological polar surface area (TPSA) is 64.1 Å². The van der Waals surface area contributed by atoms with Crippen molar-refractivity contribution in [3.8, 4) is 11.5 Å². The number of halogens is 1. The van der Waals surface area contributed by atoms with Crippen molar-refractivity contribution in [3.63, 3.8) is 0 Å². The number of nitrogens with zero attached hydrogens (tertiary/aromatic N) is 1. The van der Waals surface area contributed by atoms with Crippen molar-refractivity contribution in [2.24, 2.45) is 4.99 Å². The van der Waals surface area contributed by atoms with Crippen LogP contribution in [0.3, 0.4) is 0 Å². The van der Waals surface area contributed by atoms with E-state index in [9.17, 15) is 0 Å². The Bertz CT molecular complexity index is 563. The molecule has 6 nitrogen and oxygen atoms in total. The first-order valence-corrected chi connectivity index (χ1v) is 9.70. The molecular formula is C20H34IN3O3. The van der Waals surface area contributed by atoms with Crippen molar-refractivity contribution in [1.82, 2.24) is 10.6 Å². The molecule has 7 heteroatoms. The minimum absolute atomic E-state index is 0. The molecule has 1 aromatic rings. The summed E-state index contributed by atoms with van der Waals surface area (Å²) < 4.78 is 17.0. The first kappa shape index (κ1) is 23.8. The van der Waals surface area contributed by atoms with Gasteiger partial charge in [-0.15, -0.1) is 24.0 Å². The molecule has 1 aliphatic carbocycles. The molecule has 2 N–H and O–H groups in total. The SMILES string of the molecule is CCNC(=NCc1ccc(OC2CCCC2)c(OC)c1)NCCOCC.I. The van der Waals surface area contributed by atoms with Crippen LogP contribution in [-0.4, -0.2) is 45.5 Å². The minimum atomic E-state index is 0. The largest absolute Gasteiger partial charge is 0.493 e. The Hall–Kier alpha value is -1.22. The second kappa shape index (κ2) is 13.9. The van der Waals surface area contributed by atoms with Gasteiger partial charge in [0.15, 0.2) is 17.5 Å². The lowest BCUT2D eigenvalue weighted by molar-refractivity contribution is 0.152. The van der Waals surface area contributed by atoms with Gasteiger partial charge in [0, 0.05) is 19.7 Å². The van der Waals surface area contributed by atoms with E-state index in [1.54, 1.807) is 7.11 Å². The highest BCUT2D eigenvalue weighted by Gasteiger charge is 2.18. The van der Waals surface area contributed by atoms with Crippen LogP contribution in [-0.2, 0) is 11.3 Å². The van der Waals surface area contributed by atoms with Crippen LogP contribution in [0.1, 0.15) is 45.1 Å². The summed E-state index contributed by atoms with van der Waals surface area (Å²) in [6.45, 7) is 7.57. The molecule has 0 heterocycles. The van der Waals surface area contributed by atoms with Crippen LogP contribution in [0.15, 0.2) is 23.2 Å². The number of aliphatic imine (C=N–C) groups is 1. The maximum absolute atomic E-state index is 6.09. The van der Waals surface area contributed by atoms with Crippen LogP contribution in [0, 0.1) is 0 Å². The van der Waals surface area contributed by atoms with Gasteiger partial charge in [-0.1, -0.05) is 6.07 Å². The van der Waals surface area contributed by atoms with E-state index >= 15 is 0 Å². The van der Waals surface area contributed by atoms with Gasteiger partial charge in [0.05, 0.1) is 26.4 Å². The Morgan fingerprint density at radius 2 is 1.93 bits per heavy atom. The fraction of sp³-hybridized carbons (Fsp3) is 0.650. The summed E-state index contributed by atoms with van der Waals surface area (Å²) in [5, 5.41) is 6.52. The third-order valence-electron chi connectivity index (χ3n) is 4.33. The highest BCUT2D eigenvalue weighted by molar-refractivity contribution is 14.0. The predicted octanol–water partition coefficient (Wildman–Crippen LogP) is 3.73. The number of ether oxygens (including phenoxy) is 3. The normalized spacial score (nSPS) is 14.6. The molecule has 0 aliphatic heterocycles. The van der Waals surface area contributed by atoms with Crippen LogP contribution in [0.2, 0.25) is 0 Å². The summed E-state index contributed by atoms with van der Waals surface area (Å²) in [5.41, 5.74) is 1.09. The summed E-state index contributed by atoms with van der Waals surface area (Å²) in [7, 11) is 1.68. The Morgan fingerprint density at radius 3 is 2.59 bits per heavy atom. The first-order valence-electron chi connectivity index (χ1n) is 9.70. The van der Waals surface area contributed by atoms with Gasteiger partial charge in [0.25, 0.3) is 0 Å². The molecule has 1 aromatic carbocycles. The highest BCUT2D eigenvalue weighted by Crippen LogP contribution is 2.32. The van der Waals surface area contributed by atoms with Gasteiger partial charge < -0.3 is 24.8 Å². The quantitative estimate of drug-likeness (QED) is 0.226. The second-order valence-electron chi connectivity index (χ2n) is 6.33. The number of hydrogen-bond donors (Lipinski definition) is 2. The number of benzene rings is 1. The first-order chi connectivity index (χ1) is 12.8. The summed E-state index contributed by atoms with van der Waals surface area (Å²) in [5.74, 6) is 2.39. The van der Waals surface area contributed by atoms with E-state index < -0.39 is 0 Å². The average molecular weight is 491 g/mol. The number of nitrogens with one attached hydrogen (secondary N) is 2. The van der Waals surface area contributed by atoms with Crippen LogP contribution < -0.4 is 20.1 Å². The van der Waals surface area contributed by atoms with Gasteiger partial charge >= 0.3 is 0 Å². The zero-order valence-electron chi connectivity index (χ0n) is 16.8. The number of methoxy groups -OCH3 is 1. The Morgan fingerprint density at radius 1 is 1.15 bits per heavy atom. The average Bonchev–Trinajstić information content (AvgIpc) is 3.17. The van der Waals surface area contributed by atoms with Gasteiger partial charge in [-0.3, -0.25) is 0 Å². The predicted molar refractivity (Wildman–Crippen MR) is 121 cm³/mol. The maximum Gasteiger partial charge on any atom is 0.191 e. The molecule has 1 saturated carbocycles. The molecule has 0 atom stereocenters. The lowest BCUT2D eigenvalue weighted by Gasteiger charge is -2.16. The van der Waals surface area contributed by atoms with Gasteiger partial charge in [-0.25, -0.2) is 4.99 Å². The lowest BCUT2D eigenvalue weighted by Crippen LogP contribution is -2.39. The molecule has 27 heavy (non-hydrogen) atoms. The highest BCUT2D eigenvalue weighted by atomic mass is 127. The van der Waals surface area contributed by atoms with E-state index in [1.165, 1.54) is 12.8 Å². The molecule has 1 fully saturated rings. The van der Waals surface area contributed by atoms with E-state index in [0.29, 0.717) is 19.3 Å². The van der Waals surface area contributed by atoms with Gasteiger partial charge in [-0.05, 0) is 57.2 Å². The van der Waals surface area contributed by atoms with E-state index in [4.69, 9.17) is 14.2 Å².